The summed E-state index contributed by atoms with van der Waals surface area (Å²) in [7, 11) is 0. The molecule has 6 aromatic rings. The second kappa shape index (κ2) is 20.3. The van der Waals surface area contributed by atoms with Crippen molar-refractivity contribution in [3.8, 4) is 22.3 Å². The van der Waals surface area contributed by atoms with Gasteiger partial charge in [-0.1, -0.05) is 98.8 Å². The molecule has 0 aliphatic carbocycles. The lowest BCUT2D eigenvalue weighted by Gasteiger charge is -2.20. The Morgan fingerprint density at radius 3 is 1.38 bits per heavy atom. The Balaban J connectivity index is 0.000000228. The molecule has 6 rings (SSSR count). The van der Waals surface area contributed by atoms with E-state index in [1.54, 1.807) is 12.1 Å². The number of esters is 2. The summed E-state index contributed by atoms with van der Waals surface area (Å²) in [5.41, 5.74) is 17.4. The SMILES string of the molecule is CCCc1nc(CN)n(Cc2ccc(-c3ccccc3C(=O)OC(C)(C)C)cc2)n1.CCCc1nc(CN)nn1Cc1ccc(-c2ccccc2C(=O)OC(C)(C)C)cc1. The van der Waals surface area contributed by atoms with Crippen molar-refractivity contribution >= 4 is 11.9 Å². The molecular formula is C48H60N8O4. The molecule has 0 bridgehead atoms. The molecule has 60 heavy (non-hydrogen) atoms. The molecule has 0 amide bonds. The lowest BCUT2D eigenvalue weighted by molar-refractivity contribution is 0.00578. The molecule has 0 aliphatic heterocycles. The number of rotatable bonds is 14. The highest BCUT2D eigenvalue weighted by atomic mass is 16.6. The first-order valence-corrected chi connectivity index (χ1v) is 20.7. The highest BCUT2D eigenvalue weighted by molar-refractivity contribution is 5.98. The molecule has 0 unspecified atom stereocenters. The summed E-state index contributed by atoms with van der Waals surface area (Å²) in [5.74, 6) is 2.61. The molecular weight excluding hydrogens is 753 g/mol. The fraction of sp³-hybridized carbons (Fsp3) is 0.375. The maximum atomic E-state index is 12.6. The normalized spacial score (nSPS) is 11.5. The smallest absolute Gasteiger partial charge is 0.339 e. The topological polar surface area (TPSA) is 166 Å². The summed E-state index contributed by atoms with van der Waals surface area (Å²) >= 11 is 0. The van der Waals surface area contributed by atoms with Gasteiger partial charge in [-0.15, -0.1) is 0 Å². The van der Waals surface area contributed by atoms with E-state index >= 15 is 0 Å². The number of nitrogens with two attached hydrogens (primary N) is 2. The number of aromatic nitrogens is 6. The van der Waals surface area contributed by atoms with Gasteiger partial charge in [0.2, 0.25) is 0 Å². The van der Waals surface area contributed by atoms with Crippen LogP contribution in [0.2, 0.25) is 0 Å². The maximum absolute atomic E-state index is 12.6. The van der Waals surface area contributed by atoms with Gasteiger partial charge in [-0.3, -0.25) is 0 Å². The van der Waals surface area contributed by atoms with Gasteiger partial charge in [-0.2, -0.15) is 10.2 Å². The molecule has 0 radical (unpaired) electrons. The quantitative estimate of drug-likeness (QED) is 0.102. The van der Waals surface area contributed by atoms with Crippen molar-refractivity contribution in [1.82, 2.24) is 29.5 Å². The molecule has 0 saturated heterocycles. The second-order valence-corrected chi connectivity index (χ2v) is 16.6. The zero-order chi connectivity index (χ0) is 43.5. The zero-order valence-electron chi connectivity index (χ0n) is 36.4. The minimum absolute atomic E-state index is 0.316. The summed E-state index contributed by atoms with van der Waals surface area (Å²) in [6.07, 6.45) is 3.72. The minimum Gasteiger partial charge on any atom is -0.456 e. The molecule has 0 saturated carbocycles. The number of hydrogen-bond donors (Lipinski definition) is 2. The molecule has 0 spiro atoms. The van der Waals surface area contributed by atoms with E-state index in [1.165, 1.54) is 0 Å². The van der Waals surface area contributed by atoms with Crippen molar-refractivity contribution in [3.63, 3.8) is 0 Å². The number of hydrogen-bond acceptors (Lipinski definition) is 10. The van der Waals surface area contributed by atoms with E-state index in [4.69, 9.17) is 20.9 Å². The largest absolute Gasteiger partial charge is 0.456 e. The first kappa shape index (κ1) is 45.1. The number of benzene rings is 4. The molecule has 0 aliphatic rings. The molecule has 12 heteroatoms. The van der Waals surface area contributed by atoms with Gasteiger partial charge < -0.3 is 20.9 Å². The predicted octanol–water partition coefficient (Wildman–Crippen LogP) is 8.72. The van der Waals surface area contributed by atoms with E-state index in [0.29, 0.717) is 43.1 Å². The van der Waals surface area contributed by atoms with Gasteiger partial charge in [0, 0.05) is 12.8 Å². The van der Waals surface area contributed by atoms with Crippen molar-refractivity contribution in [3.05, 3.63) is 143 Å². The standard InChI is InChI=1S/2C24H30N4O2/c1-5-8-22-26-21(15-25)27-28(22)16-17-11-13-18(14-12-17)19-9-6-7-10-20(19)23(29)30-24(2,3)4;1-5-8-21-26-22(15-25)28(27-21)16-17-11-13-18(14-12-17)19-9-6-7-10-20(19)23(29)30-24(2,3)4/h2*6-7,9-14H,5,8,15-16,25H2,1-4H3. The van der Waals surface area contributed by atoms with Crippen LogP contribution in [0.15, 0.2) is 97.1 Å². The molecule has 2 heterocycles. The Morgan fingerprint density at radius 2 is 0.967 bits per heavy atom. The zero-order valence-corrected chi connectivity index (χ0v) is 36.4. The number of carbonyl (C=O) groups is 2. The first-order valence-electron chi connectivity index (χ1n) is 20.7. The average Bonchev–Trinajstić information content (AvgIpc) is 3.79. The third kappa shape index (κ3) is 12.5. The second-order valence-electron chi connectivity index (χ2n) is 16.6. The molecule has 0 fully saturated rings. The van der Waals surface area contributed by atoms with Gasteiger partial charge in [0.25, 0.3) is 0 Å². The van der Waals surface area contributed by atoms with Gasteiger partial charge in [-0.05, 0) is 99.9 Å². The Labute approximate surface area is 354 Å². The fourth-order valence-electron chi connectivity index (χ4n) is 6.50. The van der Waals surface area contributed by atoms with Gasteiger partial charge in [0.15, 0.2) is 11.6 Å². The van der Waals surface area contributed by atoms with Crippen LogP contribution in [0.4, 0.5) is 0 Å². The van der Waals surface area contributed by atoms with Crippen LogP contribution in [0.1, 0.15) is 123 Å². The lowest BCUT2D eigenvalue weighted by Crippen LogP contribution is -2.24. The molecule has 316 valence electrons. The number of aryl methyl sites for hydroxylation is 2. The Morgan fingerprint density at radius 1 is 0.550 bits per heavy atom. The third-order valence-corrected chi connectivity index (χ3v) is 9.18. The summed E-state index contributed by atoms with van der Waals surface area (Å²) in [4.78, 5) is 34.3. The fourth-order valence-corrected chi connectivity index (χ4v) is 6.50. The highest BCUT2D eigenvalue weighted by Crippen LogP contribution is 2.28. The highest BCUT2D eigenvalue weighted by Gasteiger charge is 2.22. The van der Waals surface area contributed by atoms with Crippen molar-refractivity contribution in [2.75, 3.05) is 0 Å². The molecule has 4 aromatic carbocycles. The van der Waals surface area contributed by atoms with E-state index in [0.717, 1.165) is 76.5 Å². The summed E-state index contributed by atoms with van der Waals surface area (Å²) < 4.78 is 14.9. The third-order valence-electron chi connectivity index (χ3n) is 9.18. The Bertz CT molecular complexity index is 2330. The van der Waals surface area contributed by atoms with Crippen molar-refractivity contribution < 1.29 is 19.1 Å². The van der Waals surface area contributed by atoms with Crippen LogP contribution in [0.3, 0.4) is 0 Å². The van der Waals surface area contributed by atoms with Gasteiger partial charge in [-0.25, -0.2) is 28.9 Å². The van der Waals surface area contributed by atoms with Crippen molar-refractivity contribution in [2.24, 2.45) is 11.5 Å². The number of ether oxygens (including phenoxy) is 2. The Hall–Kier alpha value is -5.98. The van der Waals surface area contributed by atoms with E-state index in [2.05, 4.69) is 46.1 Å². The summed E-state index contributed by atoms with van der Waals surface area (Å²) in [5, 5.41) is 9.10. The molecule has 2 aromatic heterocycles. The van der Waals surface area contributed by atoms with Crippen molar-refractivity contribution in [2.45, 2.75) is 118 Å². The number of carbonyl (C=O) groups excluding carboxylic acids is 2. The predicted molar refractivity (Wildman–Crippen MR) is 236 cm³/mol. The monoisotopic (exact) mass is 812 g/mol. The summed E-state index contributed by atoms with van der Waals surface area (Å²) in [6, 6.07) is 31.3. The van der Waals surface area contributed by atoms with Gasteiger partial charge >= 0.3 is 11.9 Å². The van der Waals surface area contributed by atoms with Crippen LogP contribution in [-0.2, 0) is 48.5 Å². The van der Waals surface area contributed by atoms with Crippen LogP contribution in [0.25, 0.3) is 22.3 Å². The van der Waals surface area contributed by atoms with E-state index in [1.807, 2.05) is 124 Å². The number of nitrogens with zero attached hydrogens (tertiary/aromatic N) is 6. The van der Waals surface area contributed by atoms with Crippen molar-refractivity contribution in [1.29, 1.82) is 0 Å². The lowest BCUT2D eigenvalue weighted by atomic mass is 9.98. The maximum Gasteiger partial charge on any atom is 0.339 e. The van der Waals surface area contributed by atoms with Gasteiger partial charge in [0.1, 0.15) is 22.9 Å². The Kier molecular flexibility index (Phi) is 15.3. The van der Waals surface area contributed by atoms with E-state index < -0.39 is 11.2 Å². The van der Waals surface area contributed by atoms with Crippen LogP contribution in [-0.4, -0.2) is 52.7 Å². The minimum atomic E-state index is -0.539. The molecule has 4 N–H and O–H groups in total. The first-order chi connectivity index (χ1) is 28.6. The van der Waals surface area contributed by atoms with Crippen LogP contribution in [0, 0.1) is 0 Å². The van der Waals surface area contributed by atoms with E-state index in [-0.39, 0.29) is 11.9 Å². The van der Waals surface area contributed by atoms with Gasteiger partial charge in [0.05, 0.1) is 37.3 Å². The van der Waals surface area contributed by atoms with E-state index in [9.17, 15) is 9.59 Å². The molecule has 0 atom stereocenters. The van der Waals surface area contributed by atoms with Crippen LogP contribution in [0.5, 0.6) is 0 Å². The molecule has 12 nitrogen and oxygen atoms in total. The van der Waals surface area contributed by atoms with Crippen LogP contribution < -0.4 is 11.5 Å². The average molecular weight is 813 g/mol. The summed E-state index contributed by atoms with van der Waals surface area (Å²) in [6.45, 7) is 17.4. The van der Waals surface area contributed by atoms with Crippen LogP contribution >= 0.6 is 0 Å².